The lowest BCUT2D eigenvalue weighted by Gasteiger charge is -2.36. The molecule has 0 saturated carbocycles. The van der Waals surface area contributed by atoms with Crippen LogP contribution in [0.3, 0.4) is 0 Å². The lowest BCUT2D eigenvalue weighted by molar-refractivity contribution is -0.139. The van der Waals surface area contributed by atoms with E-state index in [1.807, 2.05) is 21.6 Å². The summed E-state index contributed by atoms with van der Waals surface area (Å²) < 4.78 is 0. The molecule has 3 aliphatic rings. The number of hydrogen-bond acceptors (Lipinski definition) is 5. The second-order valence-electron chi connectivity index (χ2n) is 6.93. The van der Waals surface area contributed by atoms with E-state index < -0.39 is 0 Å². The van der Waals surface area contributed by atoms with Crippen LogP contribution in [0.25, 0.3) is 0 Å². The van der Waals surface area contributed by atoms with Gasteiger partial charge in [-0.25, -0.2) is 0 Å². The average molecular weight is 365 g/mol. The molecule has 0 aromatic rings. The Kier molecular flexibility index (Phi) is 6.63. The Morgan fingerprint density at radius 3 is 2.40 bits per heavy atom. The summed E-state index contributed by atoms with van der Waals surface area (Å²) in [6.45, 7) is 6.70. The molecule has 0 aliphatic carbocycles. The minimum Gasteiger partial charge on any atom is -0.340 e. The number of rotatable bonds is 4. The number of amides is 2. The Labute approximate surface area is 154 Å². The maximum absolute atomic E-state index is 12.8. The van der Waals surface area contributed by atoms with E-state index in [-0.39, 0.29) is 17.9 Å². The van der Waals surface area contributed by atoms with Gasteiger partial charge in [0.25, 0.3) is 0 Å². The van der Waals surface area contributed by atoms with Crippen molar-refractivity contribution in [3.8, 4) is 12.3 Å². The summed E-state index contributed by atoms with van der Waals surface area (Å²) in [5.74, 6) is 5.09. The standard InChI is InChI=1S/C18H28N4O2S/c1-2-5-19-7-9-20(10-8-19)17(23)15-22-6-3-4-16(22)18(24)21-11-13-25-14-12-21/h1,16H,3-15H2. The van der Waals surface area contributed by atoms with Crippen molar-refractivity contribution in [1.82, 2.24) is 19.6 Å². The van der Waals surface area contributed by atoms with Crippen molar-refractivity contribution in [3.63, 3.8) is 0 Å². The Hall–Kier alpha value is -1.23. The van der Waals surface area contributed by atoms with Gasteiger partial charge in [0.05, 0.1) is 19.1 Å². The third-order valence-electron chi connectivity index (χ3n) is 5.35. The molecular formula is C18H28N4O2S. The minimum absolute atomic E-state index is 0.102. The van der Waals surface area contributed by atoms with Crippen molar-refractivity contribution in [3.05, 3.63) is 0 Å². The van der Waals surface area contributed by atoms with Gasteiger partial charge >= 0.3 is 0 Å². The number of likely N-dealkylation sites (tertiary alicyclic amines) is 1. The summed E-state index contributed by atoms with van der Waals surface area (Å²) in [6.07, 6.45) is 7.23. The van der Waals surface area contributed by atoms with Crippen LogP contribution in [0.15, 0.2) is 0 Å². The number of carbonyl (C=O) groups is 2. The van der Waals surface area contributed by atoms with Crippen LogP contribution in [0.2, 0.25) is 0 Å². The number of terminal acetylenes is 1. The van der Waals surface area contributed by atoms with Crippen LogP contribution in [0.1, 0.15) is 12.8 Å². The highest BCUT2D eigenvalue weighted by Gasteiger charge is 2.36. The van der Waals surface area contributed by atoms with E-state index in [9.17, 15) is 9.59 Å². The molecule has 138 valence electrons. The van der Waals surface area contributed by atoms with Crippen molar-refractivity contribution >= 4 is 23.6 Å². The van der Waals surface area contributed by atoms with E-state index in [1.165, 1.54) is 0 Å². The molecule has 0 bridgehead atoms. The van der Waals surface area contributed by atoms with Crippen molar-refractivity contribution in [1.29, 1.82) is 0 Å². The molecule has 3 saturated heterocycles. The van der Waals surface area contributed by atoms with E-state index in [4.69, 9.17) is 6.42 Å². The molecule has 25 heavy (non-hydrogen) atoms. The third-order valence-corrected chi connectivity index (χ3v) is 6.29. The second-order valence-corrected chi connectivity index (χ2v) is 8.15. The van der Waals surface area contributed by atoms with Crippen molar-refractivity contribution in [2.24, 2.45) is 0 Å². The van der Waals surface area contributed by atoms with Crippen molar-refractivity contribution < 1.29 is 9.59 Å². The number of nitrogens with zero attached hydrogens (tertiary/aromatic N) is 4. The minimum atomic E-state index is -0.102. The van der Waals surface area contributed by atoms with Crippen molar-refractivity contribution in [2.45, 2.75) is 18.9 Å². The van der Waals surface area contributed by atoms with Crippen LogP contribution in [0.4, 0.5) is 0 Å². The lowest BCUT2D eigenvalue weighted by atomic mass is 10.2. The maximum Gasteiger partial charge on any atom is 0.239 e. The van der Waals surface area contributed by atoms with Gasteiger partial charge in [-0.1, -0.05) is 5.92 Å². The fraction of sp³-hybridized carbons (Fsp3) is 0.778. The highest BCUT2D eigenvalue weighted by Crippen LogP contribution is 2.21. The molecule has 1 unspecified atom stereocenters. The predicted octanol–water partition coefficient (Wildman–Crippen LogP) is -0.196. The highest BCUT2D eigenvalue weighted by molar-refractivity contribution is 7.99. The summed E-state index contributed by atoms with van der Waals surface area (Å²) in [5, 5.41) is 0. The Morgan fingerprint density at radius 2 is 1.72 bits per heavy atom. The Bertz CT molecular complexity index is 522. The molecule has 3 fully saturated rings. The number of piperazine rings is 1. The van der Waals surface area contributed by atoms with E-state index in [1.54, 1.807) is 0 Å². The molecule has 3 heterocycles. The largest absolute Gasteiger partial charge is 0.340 e. The van der Waals surface area contributed by atoms with E-state index >= 15 is 0 Å². The first-order valence-corrected chi connectivity index (χ1v) is 10.4. The normalized spacial score (nSPS) is 25.8. The molecule has 2 amide bonds. The number of hydrogen-bond donors (Lipinski definition) is 0. The van der Waals surface area contributed by atoms with Crippen LogP contribution in [-0.2, 0) is 9.59 Å². The molecule has 0 aromatic carbocycles. The van der Waals surface area contributed by atoms with Crippen LogP contribution in [0, 0.1) is 12.3 Å². The highest BCUT2D eigenvalue weighted by atomic mass is 32.2. The van der Waals surface area contributed by atoms with Gasteiger partial charge in [-0.15, -0.1) is 6.42 Å². The zero-order valence-electron chi connectivity index (χ0n) is 14.9. The van der Waals surface area contributed by atoms with Crippen LogP contribution >= 0.6 is 11.8 Å². The van der Waals surface area contributed by atoms with Gasteiger partial charge in [0.15, 0.2) is 0 Å². The summed E-state index contributed by atoms with van der Waals surface area (Å²) in [4.78, 5) is 33.7. The molecule has 3 rings (SSSR count). The first-order chi connectivity index (χ1) is 12.2. The van der Waals surface area contributed by atoms with E-state index in [2.05, 4.69) is 15.7 Å². The molecule has 6 nitrogen and oxygen atoms in total. The fourth-order valence-corrected chi connectivity index (χ4v) is 4.75. The number of carbonyl (C=O) groups excluding carboxylic acids is 2. The van der Waals surface area contributed by atoms with Crippen LogP contribution < -0.4 is 0 Å². The molecule has 0 spiro atoms. The molecule has 0 radical (unpaired) electrons. The van der Waals surface area contributed by atoms with Crippen molar-refractivity contribution in [2.75, 3.05) is 70.4 Å². The molecular weight excluding hydrogens is 336 g/mol. The van der Waals surface area contributed by atoms with Gasteiger partial charge in [-0.3, -0.25) is 19.4 Å². The average Bonchev–Trinajstić information content (AvgIpc) is 3.10. The monoisotopic (exact) mass is 364 g/mol. The quantitative estimate of drug-likeness (QED) is 0.647. The Balaban J connectivity index is 1.50. The number of thioether (sulfide) groups is 1. The molecule has 0 N–H and O–H groups in total. The maximum atomic E-state index is 12.8. The van der Waals surface area contributed by atoms with Crippen LogP contribution in [0.5, 0.6) is 0 Å². The molecule has 1 atom stereocenters. The van der Waals surface area contributed by atoms with E-state index in [0.29, 0.717) is 13.1 Å². The molecule has 7 heteroatoms. The van der Waals surface area contributed by atoms with Gasteiger partial charge in [-0.05, 0) is 19.4 Å². The van der Waals surface area contributed by atoms with Gasteiger partial charge in [0, 0.05) is 50.8 Å². The third kappa shape index (κ3) is 4.69. The summed E-state index contributed by atoms with van der Waals surface area (Å²) in [5.41, 5.74) is 0. The van der Waals surface area contributed by atoms with E-state index in [0.717, 1.165) is 70.2 Å². The van der Waals surface area contributed by atoms with Gasteiger partial charge in [0.1, 0.15) is 0 Å². The summed E-state index contributed by atoms with van der Waals surface area (Å²) >= 11 is 1.91. The zero-order chi connectivity index (χ0) is 17.6. The predicted molar refractivity (Wildman–Crippen MR) is 100 cm³/mol. The SMILES string of the molecule is C#CCN1CCN(C(=O)CN2CCCC2C(=O)N2CCSCC2)CC1. The molecule has 3 aliphatic heterocycles. The van der Waals surface area contributed by atoms with Gasteiger partial charge in [0.2, 0.25) is 11.8 Å². The van der Waals surface area contributed by atoms with Gasteiger partial charge in [-0.2, -0.15) is 11.8 Å². The second kappa shape index (κ2) is 8.93. The zero-order valence-corrected chi connectivity index (χ0v) is 15.7. The first-order valence-electron chi connectivity index (χ1n) is 9.23. The smallest absolute Gasteiger partial charge is 0.239 e. The first kappa shape index (κ1) is 18.6. The van der Waals surface area contributed by atoms with Gasteiger partial charge < -0.3 is 9.80 Å². The summed E-state index contributed by atoms with van der Waals surface area (Å²) in [6, 6.07) is -0.102. The fourth-order valence-electron chi connectivity index (χ4n) is 3.85. The Morgan fingerprint density at radius 1 is 1.00 bits per heavy atom. The molecule has 0 aromatic heterocycles. The summed E-state index contributed by atoms with van der Waals surface area (Å²) in [7, 11) is 0. The topological polar surface area (TPSA) is 47.1 Å². The lowest BCUT2D eigenvalue weighted by Crippen LogP contribution is -2.53. The van der Waals surface area contributed by atoms with Crippen LogP contribution in [-0.4, -0.2) is 108 Å².